The molecule has 6 nitrogen and oxygen atoms in total. The quantitative estimate of drug-likeness (QED) is 0.412. The number of thioether (sulfide) groups is 1. The molecule has 8 heteroatoms. The molecule has 0 spiro atoms. The Kier molecular flexibility index (Phi) is 8.00. The standard InChI is InChI=1S/C26H32FN5OS/c1-18(2)22-9-5-6-10-23(22)28-24(33)17-34-26-30-29-25(19(3)31-15-7-4-8-16-31)32(26)21-13-11-20(27)12-14-21/h5-6,9-14,18-19H,4,7-8,15-17H2,1-3H3,(H,28,33). The van der Waals surface area contributed by atoms with E-state index in [1.807, 2.05) is 28.8 Å². The van der Waals surface area contributed by atoms with Crippen molar-refractivity contribution in [3.63, 3.8) is 0 Å². The molecular weight excluding hydrogens is 449 g/mol. The first-order valence-electron chi connectivity index (χ1n) is 11.9. The van der Waals surface area contributed by atoms with Gasteiger partial charge in [-0.05, 0) is 74.7 Å². The summed E-state index contributed by atoms with van der Waals surface area (Å²) in [5.41, 5.74) is 2.73. The molecule has 3 aromatic rings. The van der Waals surface area contributed by atoms with Gasteiger partial charge in [-0.15, -0.1) is 10.2 Å². The number of aromatic nitrogens is 3. The fourth-order valence-electron chi connectivity index (χ4n) is 4.38. The number of likely N-dealkylation sites (tertiary alicyclic amines) is 1. The molecule has 1 unspecified atom stereocenters. The van der Waals surface area contributed by atoms with Crippen LogP contribution in [-0.2, 0) is 4.79 Å². The second-order valence-electron chi connectivity index (χ2n) is 9.00. The smallest absolute Gasteiger partial charge is 0.234 e. The molecule has 1 aromatic heterocycles. The highest BCUT2D eigenvalue weighted by atomic mass is 32.2. The van der Waals surface area contributed by atoms with Gasteiger partial charge in [0.1, 0.15) is 5.82 Å². The molecule has 180 valence electrons. The monoisotopic (exact) mass is 481 g/mol. The predicted octanol–water partition coefficient (Wildman–Crippen LogP) is 5.81. The van der Waals surface area contributed by atoms with E-state index in [0.29, 0.717) is 11.1 Å². The van der Waals surface area contributed by atoms with Gasteiger partial charge in [0.2, 0.25) is 5.91 Å². The molecule has 1 saturated heterocycles. The van der Waals surface area contributed by atoms with Gasteiger partial charge in [0.15, 0.2) is 11.0 Å². The number of rotatable bonds is 8. The Hall–Kier alpha value is -2.71. The van der Waals surface area contributed by atoms with E-state index in [-0.39, 0.29) is 23.5 Å². The predicted molar refractivity (Wildman–Crippen MR) is 135 cm³/mol. The minimum absolute atomic E-state index is 0.0685. The maximum absolute atomic E-state index is 13.6. The highest BCUT2D eigenvalue weighted by Crippen LogP contribution is 2.30. The molecule has 0 radical (unpaired) electrons. The van der Waals surface area contributed by atoms with E-state index in [0.717, 1.165) is 35.9 Å². The van der Waals surface area contributed by atoms with E-state index in [1.165, 1.54) is 43.2 Å². The summed E-state index contributed by atoms with van der Waals surface area (Å²) in [6.07, 6.45) is 3.60. The van der Waals surface area contributed by atoms with Crippen LogP contribution in [-0.4, -0.2) is 44.4 Å². The summed E-state index contributed by atoms with van der Waals surface area (Å²) in [6, 6.07) is 14.3. The highest BCUT2D eigenvalue weighted by Gasteiger charge is 2.26. The van der Waals surface area contributed by atoms with Crippen molar-refractivity contribution in [2.24, 2.45) is 0 Å². The normalized spacial score (nSPS) is 15.4. The molecule has 1 fully saturated rings. The van der Waals surface area contributed by atoms with E-state index >= 15 is 0 Å². The minimum Gasteiger partial charge on any atom is -0.325 e. The van der Waals surface area contributed by atoms with Crippen molar-refractivity contribution in [1.29, 1.82) is 0 Å². The molecule has 1 N–H and O–H groups in total. The number of anilines is 1. The Morgan fingerprint density at radius 1 is 1.03 bits per heavy atom. The number of hydrogen-bond donors (Lipinski definition) is 1. The lowest BCUT2D eigenvalue weighted by atomic mass is 10.0. The first-order chi connectivity index (χ1) is 16.4. The first-order valence-corrected chi connectivity index (χ1v) is 12.9. The maximum Gasteiger partial charge on any atom is 0.234 e. The largest absolute Gasteiger partial charge is 0.325 e. The Labute approximate surface area is 205 Å². The number of nitrogens with one attached hydrogen (secondary N) is 1. The van der Waals surface area contributed by atoms with Crippen LogP contribution in [0.25, 0.3) is 5.69 Å². The lowest BCUT2D eigenvalue weighted by molar-refractivity contribution is -0.113. The van der Waals surface area contributed by atoms with Gasteiger partial charge in [0.25, 0.3) is 0 Å². The number of nitrogens with zero attached hydrogens (tertiary/aromatic N) is 4. The average Bonchev–Trinajstić information content (AvgIpc) is 3.27. The van der Waals surface area contributed by atoms with Crippen LogP contribution < -0.4 is 5.32 Å². The Morgan fingerprint density at radius 2 is 1.74 bits per heavy atom. The summed E-state index contributed by atoms with van der Waals surface area (Å²) in [4.78, 5) is 15.2. The van der Waals surface area contributed by atoms with Crippen molar-refractivity contribution in [3.8, 4) is 5.69 Å². The number of halogens is 1. The van der Waals surface area contributed by atoms with Gasteiger partial charge in [0, 0.05) is 11.4 Å². The minimum atomic E-state index is -0.292. The van der Waals surface area contributed by atoms with Gasteiger partial charge in [0.05, 0.1) is 11.8 Å². The molecule has 2 aromatic carbocycles. The molecule has 0 saturated carbocycles. The van der Waals surface area contributed by atoms with Crippen LogP contribution in [0.3, 0.4) is 0 Å². The van der Waals surface area contributed by atoms with Crippen molar-refractivity contribution in [2.45, 2.75) is 57.1 Å². The van der Waals surface area contributed by atoms with Gasteiger partial charge < -0.3 is 5.32 Å². The van der Waals surface area contributed by atoms with Gasteiger partial charge in [-0.25, -0.2) is 4.39 Å². The van der Waals surface area contributed by atoms with Crippen LogP contribution in [0, 0.1) is 5.82 Å². The summed E-state index contributed by atoms with van der Waals surface area (Å²) in [5, 5.41) is 12.6. The van der Waals surface area contributed by atoms with Gasteiger partial charge in [-0.1, -0.05) is 50.2 Å². The van der Waals surface area contributed by atoms with E-state index in [1.54, 1.807) is 12.1 Å². The van der Waals surface area contributed by atoms with Crippen LogP contribution in [0.1, 0.15) is 63.4 Å². The van der Waals surface area contributed by atoms with Gasteiger partial charge in [-0.3, -0.25) is 14.3 Å². The number of benzene rings is 2. The summed E-state index contributed by atoms with van der Waals surface area (Å²) in [6.45, 7) is 8.40. The number of piperidine rings is 1. The van der Waals surface area contributed by atoms with Gasteiger partial charge in [-0.2, -0.15) is 0 Å². The summed E-state index contributed by atoms with van der Waals surface area (Å²) in [5.74, 6) is 0.924. The molecule has 0 bridgehead atoms. The van der Waals surface area contributed by atoms with E-state index < -0.39 is 0 Å². The van der Waals surface area contributed by atoms with E-state index in [2.05, 4.69) is 41.2 Å². The number of hydrogen-bond acceptors (Lipinski definition) is 5. The SMILES string of the molecule is CC(C)c1ccccc1NC(=O)CSc1nnc(C(C)N2CCCCC2)n1-c1ccc(F)cc1. The Morgan fingerprint density at radius 3 is 2.44 bits per heavy atom. The molecule has 34 heavy (non-hydrogen) atoms. The molecular formula is C26H32FN5OS. The van der Waals surface area contributed by atoms with Crippen molar-refractivity contribution < 1.29 is 9.18 Å². The third-order valence-corrected chi connectivity index (χ3v) is 7.17. The summed E-state index contributed by atoms with van der Waals surface area (Å²) >= 11 is 1.34. The number of carbonyl (C=O) groups excluding carboxylic acids is 1. The number of carbonyl (C=O) groups is 1. The molecule has 1 aliphatic rings. The van der Waals surface area contributed by atoms with Crippen LogP contribution >= 0.6 is 11.8 Å². The molecule has 4 rings (SSSR count). The highest BCUT2D eigenvalue weighted by molar-refractivity contribution is 7.99. The second kappa shape index (κ2) is 11.1. The zero-order valence-electron chi connectivity index (χ0n) is 20.0. The van der Waals surface area contributed by atoms with Crippen LogP contribution in [0.4, 0.5) is 10.1 Å². The summed E-state index contributed by atoms with van der Waals surface area (Å²) < 4.78 is 15.6. The van der Waals surface area contributed by atoms with Crippen molar-refractivity contribution in [1.82, 2.24) is 19.7 Å². The number of amides is 1. The molecule has 0 aliphatic carbocycles. The molecule has 2 heterocycles. The Balaban J connectivity index is 1.55. The maximum atomic E-state index is 13.6. The fraction of sp³-hybridized carbons (Fsp3) is 0.423. The Bertz CT molecular complexity index is 1110. The molecule has 1 atom stereocenters. The number of para-hydroxylation sites is 1. The zero-order valence-corrected chi connectivity index (χ0v) is 20.8. The third-order valence-electron chi connectivity index (χ3n) is 6.24. The third kappa shape index (κ3) is 5.67. The fourth-order valence-corrected chi connectivity index (χ4v) is 5.14. The summed E-state index contributed by atoms with van der Waals surface area (Å²) in [7, 11) is 0. The second-order valence-corrected chi connectivity index (χ2v) is 9.95. The van der Waals surface area contributed by atoms with Crippen LogP contribution in [0.5, 0.6) is 0 Å². The zero-order chi connectivity index (χ0) is 24.1. The van der Waals surface area contributed by atoms with Crippen molar-refractivity contribution >= 4 is 23.4 Å². The topological polar surface area (TPSA) is 63.1 Å². The average molecular weight is 482 g/mol. The van der Waals surface area contributed by atoms with Crippen LogP contribution in [0.2, 0.25) is 0 Å². The molecule has 1 aliphatic heterocycles. The molecule has 1 amide bonds. The van der Waals surface area contributed by atoms with Crippen molar-refractivity contribution in [2.75, 3.05) is 24.2 Å². The van der Waals surface area contributed by atoms with Gasteiger partial charge >= 0.3 is 0 Å². The van der Waals surface area contributed by atoms with Crippen molar-refractivity contribution in [3.05, 3.63) is 65.7 Å². The van der Waals surface area contributed by atoms with E-state index in [4.69, 9.17) is 0 Å². The lowest BCUT2D eigenvalue weighted by Crippen LogP contribution is -2.33. The first kappa shape index (κ1) is 24.4. The van der Waals surface area contributed by atoms with Crippen LogP contribution in [0.15, 0.2) is 53.7 Å². The van der Waals surface area contributed by atoms with E-state index in [9.17, 15) is 9.18 Å². The lowest BCUT2D eigenvalue weighted by Gasteiger charge is -2.31.